The number of anilines is 1. The second-order valence-corrected chi connectivity index (χ2v) is 10.4. The van der Waals surface area contributed by atoms with Crippen molar-refractivity contribution in [1.29, 1.82) is 0 Å². The van der Waals surface area contributed by atoms with Crippen LogP contribution in [0.4, 0.5) is 5.69 Å². The number of nitrogens with one attached hydrogen (secondary N) is 1. The molecule has 4 aliphatic carbocycles. The van der Waals surface area contributed by atoms with Gasteiger partial charge < -0.3 is 10.1 Å². The van der Waals surface area contributed by atoms with Crippen molar-refractivity contribution in [3.63, 3.8) is 0 Å². The number of amides is 1. The Morgan fingerprint density at radius 3 is 2.31 bits per heavy atom. The van der Waals surface area contributed by atoms with Crippen molar-refractivity contribution in [3.8, 4) is 0 Å². The van der Waals surface area contributed by atoms with Crippen LogP contribution in [0.15, 0.2) is 53.5 Å². The summed E-state index contributed by atoms with van der Waals surface area (Å²) in [5.41, 5.74) is 2.30. The van der Waals surface area contributed by atoms with Gasteiger partial charge in [-0.1, -0.05) is 41.9 Å². The molecule has 4 bridgehead atoms. The Bertz CT molecular complexity index is 1090. The number of hydrogen-bond acceptors (Lipinski definition) is 4. The van der Waals surface area contributed by atoms with Crippen LogP contribution in [0, 0.1) is 23.2 Å². The zero-order valence-electron chi connectivity index (χ0n) is 17.7. The summed E-state index contributed by atoms with van der Waals surface area (Å²) >= 11 is 6.26. The van der Waals surface area contributed by atoms with Crippen LogP contribution in [0.5, 0.6) is 0 Å². The summed E-state index contributed by atoms with van der Waals surface area (Å²) in [4.78, 5) is 31.3. The minimum absolute atomic E-state index is 0.253. The molecule has 4 fully saturated rings. The molecule has 2 aromatic carbocycles. The van der Waals surface area contributed by atoms with E-state index in [0.717, 1.165) is 24.8 Å². The number of nitrogens with zero attached hydrogens (tertiary/aromatic N) is 1. The highest BCUT2D eigenvalue weighted by Crippen LogP contribution is 2.60. The minimum atomic E-state index is -1.23. The van der Waals surface area contributed by atoms with Crippen molar-refractivity contribution in [2.45, 2.75) is 44.8 Å². The maximum absolute atomic E-state index is 13.5. The molecular formula is C26H25ClN2O3. The third-order valence-corrected chi connectivity index (χ3v) is 7.94. The number of esters is 1. The SMILES string of the molecule is O=C1Nc2ccc(Cl)cc2C(c2ccccc2)=N[C@H]1OC(=O)C12CC3CC(CC(C3)C1)C2. The third kappa shape index (κ3) is 3.34. The lowest BCUT2D eigenvalue weighted by Crippen LogP contribution is -2.51. The van der Waals surface area contributed by atoms with Gasteiger partial charge in [0, 0.05) is 16.1 Å². The molecule has 7 rings (SSSR count). The normalized spacial score (nSPS) is 32.5. The maximum atomic E-state index is 13.5. The number of aliphatic imine (C=N–C) groups is 1. The van der Waals surface area contributed by atoms with Crippen LogP contribution in [0.3, 0.4) is 0 Å². The predicted octanol–water partition coefficient (Wildman–Crippen LogP) is 5.22. The largest absolute Gasteiger partial charge is 0.429 e. The standard InChI is InChI=1S/C26H25ClN2O3/c27-19-6-7-21-20(11-19)22(18-4-2-1-3-5-18)29-24(23(30)28-21)32-25(31)26-12-15-8-16(13-26)10-17(9-15)14-26/h1-7,11,15-17,24H,8-10,12-14H2,(H,28,30)/t15?,16?,17?,24-,26?/m0/s1. The van der Waals surface area contributed by atoms with E-state index in [2.05, 4.69) is 10.3 Å². The highest BCUT2D eigenvalue weighted by Gasteiger charge is 2.56. The number of carbonyl (C=O) groups excluding carboxylic acids is 2. The maximum Gasteiger partial charge on any atom is 0.314 e. The molecule has 32 heavy (non-hydrogen) atoms. The molecule has 0 radical (unpaired) electrons. The van der Waals surface area contributed by atoms with Crippen LogP contribution < -0.4 is 5.32 Å². The van der Waals surface area contributed by atoms with E-state index in [-0.39, 0.29) is 5.97 Å². The molecule has 0 saturated heterocycles. The van der Waals surface area contributed by atoms with Crippen molar-refractivity contribution >= 4 is 34.9 Å². The van der Waals surface area contributed by atoms with Gasteiger partial charge in [-0.3, -0.25) is 9.59 Å². The Balaban J connectivity index is 1.36. The number of hydrogen-bond donors (Lipinski definition) is 1. The number of benzodiazepines with no additional fused rings is 1. The summed E-state index contributed by atoms with van der Waals surface area (Å²) in [6.07, 6.45) is 5.15. The first-order valence-corrected chi connectivity index (χ1v) is 11.8. The van der Waals surface area contributed by atoms with Gasteiger partial charge in [0.25, 0.3) is 12.1 Å². The van der Waals surface area contributed by atoms with E-state index in [1.807, 2.05) is 30.3 Å². The van der Waals surface area contributed by atoms with Crippen LogP contribution in [0.2, 0.25) is 5.02 Å². The van der Waals surface area contributed by atoms with Gasteiger partial charge in [0.1, 0.15) is 0 Å². The summed E-state index contributed by atoms with van der Waals surface area (Å²) < 4.78 is 5.91. The summed E-state index contributed by atoms with van der Waals surface area (Å²) in [7, 11) is 0. The van der Waals surface area contributed by atoms with Gasteiger partial charge in [-0.15, -0.1) is 0 Å². The van der Waals surface area contributed by atoms with E-state index in [1.165, 1.54) is 19.3 Å². The van der Waals surface area contributed by atoms with Crippen LogP contribution in [0.25, 0.3) is 0 Å². The van der Waals surface area contributed by atoms with Crippen LogP contribution >= 0.6 is 11.6 Å². The molecule has 5 aliphatic rings. The first kappa shape index (κ1) is 20.0. The van der Waals surface area contributed by atoms with Crippen molar-refractivity contribution in [1.82, 2.24) is 0 Å². The summed E-state index contributed by atoms with van der Waals surface area (Å²) in [6, 6.07) is 14.9. The Kier molecular flexibility index (Phi) is 4.65. The van der Waals surface area contributed by atoms with E-state index in [1.54, 1.807) is 18.2 Å². The minimum Gasteiger partial charge on any atom is -0.429 e. The fourth-order valence-corrected chi connectivity index (χ4v) is 6.93. The lowest BCUT2D eigenvalue weighted by atomic mass is 9.49. The van der Waals surface area contributed by atoms with Crippen molar-refractivity contribution in [2.24, 2.45) is 28.2 Å². The monoisotopic (exact) mass is 448 g/mol. The molecule has 5 nitrogen and oxygen atoms in total. The lowest BCUT2D eigenvalue weighted by Gasteiger charge is -2.55. The van der Waals surface area contributed by atoms with E-state index in [4.69, 9.17) is 16.3 Å². The first-order chi connectivity index (χ1) is 15.5. The van der Waals surface area contributed by atoms with Gasteiger partial charge in [-0.25, -0.2) is 4.99 Å². The average Bonchev–Trinajstić information content (AvgIpc) is 2.90. The Hall–Kier alpha value is -2.66. The molecule has 1 amide bonds. The summed E-state index contributed by atoms with van der Waals surface area (Å²) in [5, 5.41) is 3.44. The Morgan fingerprint density at radius 1 is 1.00 bits per heavy atom. The quantitative estimate of drug-likeness (QED) is 0.655. The van der Waals surface area contributed by atoms with Gasteiger partial charge in [0.2, 0.25) is 0 Å². The Morgan fingerprint density at radius 2 is 1.66 bits per heavy atom. The van der Waals surface area contributed by atoms with Crippen molar-refractivity contribution in [3.05, 3.63) is 64.7 Å². The van der Waals surface area contributed by atoms with Gasteiger partial charge in [-0.2, -0.15) is 0 Å². The van der Waals surface area contributed by atoms with E-state index in [0.29, 0.717) is 39.7 Å². The summed E-state index contributed by atoms with van der Waals surface area (Å²) in [5.74, 6) is 1.17. The Labute approximate surface area is 192 Å². The molecule has 0 spiro atoms. The molecule has 0 aromatic heterocycles. The smallest absolute Gasteiger partial charge is 0.314 e. The molecule has 164 valence electrons. The highest BCUT2D eigenvalue weighted by atomic mass is 35.5. The van der Waals surface area contributed by atoms with E-state index >= 15 is 0 Å². The van der Waals surface area contributed by atoms with Crippen LogP contribution in [-0.2, 0) is 14.3 Å². The van der Waals surface area contributed by atoms with Crippen LogP contribution in [0.1, 0.15) is 49.7 Å². The van der Waals surface area contributed by atoms with E-state index < -0.39 is 17.6 Å². The number of ether oxygens (including phenoxy) is 1. The molecule has 4 saturated carbocycles. The summed E-state index contributed by atoms with van der Waals surface area (Å²) in [6.45, 7) is 0. The number of rotatable bonds is 3. The van der Waals surface area contributed by atoms with Gasteiger partial charge in [-0.05, 0) is 74.5 Å². The zero-order chi connectivity index (χ0) is 21.9. The van der Waals surface area contributed by atoms with Crippen molar-refractivity contribution < 1.29 is 14.3 Å². The number of carbonyl (C=O) groups is 2. The molecule has 1 heterocycles. The first-order valence-electron chi connectivity index (χ1n) is 11.4. The molecule has 1 aliphatic heterocycles. The van der Waals surface area contributed by atoms with Gasteiger partial charge in [0.05, 0.1) is 16.8 Å². The molecular weight excluding hydrogens is 424 g/mol. The fourth-order valence-electron chi connectivity index (χ4n) is 6.75. The zero-order valence-corrected chi connectivity index (χ0v) is 18.5. The molecule has 0 unspecified atom stereocenters. The lowest BCUT2D eigenvalue weighted by molar-refractivity contribution is -0.178. The van der Waals surface area contributed by atoms with Crippen LogP contribution in [-0.4, -0.2) is 23.8 Å². The predicted molar refractivity (Wildman–Crippen MR) is 123 cm³/mol. The fraction of sp³-hybridized carbons (Fsp3) is 0.423. The van der Waals surface area contributed by atoms with Crippen molar-refractivity contribution in [2.75, 3.05) is 5.32 Å². The number of benzene rings is 2. The molecule has 6 heteroatoms. The molecule has 1 N–H and O–H groups in total. The second-order valence-electron chi connectivity index (χ2n) is 9.98. The average molecular weight is 449 g/mol. The van der Waals surface area contributed by atoms with Gasteiger partial charge in [0.15, 0.2) is 0 Å². The van der Waals surface area contributed by atoms with E-state index in [9.17, 15) is 9.59 Å². The topological polar surface area (TPSA) is 67.8 Å². The number of fused-ring (bicyclic) bond motifs is 1. The highest BCUT2D eigenvalue weighted by molar-refractivity contribution is 6.32. The van der Waals surface area contributed by atoms with Gasteiger partial charge >= 0.3 is 5.97 Å². The third-order valence-electron chi connectivity index (χ3n) is 7.70. The molecule has 2 aromatic rings. The second kappa shape index (κ2) is 7.45. The number of halogens is 1. The molecule has 1 atom stereocenters.